The summed E-state index contributed by atoms with van der Waals surface area (Å²) in [5, 5.41) is 11.2. The van der Waals surface area contributed by atoms with Crippen molar-refractivity contribution in [3.05, 3.63) is 11.1 Å². The molecule has 0 saturated carbocycles. The third-order valence-electron chi connectivity index (χ3n) is 2.83. The summed E-state index contributed by atoms with van der Waals surface area (Å²) in [5.41, 5.74) is 0.136. The lowest BCUT2D eigenvalue weighted by atomic mass is 10.1. The van der Waals surface area contributed by atoms with E-state index in [1.54, 1.807) is 5.38 Å². The molecule has 0 unspecified atom stereocenters. The molecule has 2 heterocycles. The molecule has 1 N–H and O–H groups in total. The molecular weight excluding hydrogens is 240 g/mol. The molecule has 0 aliphatic carbocycles. The van der Waals surface area contributed by atoms with Crippen LogP contribution in [0.1, 0.15) is 30.3 Å². The maximum atomic E-state index is 10.7. The fourth-order valence-electron chi connectivity index (χ4n) is 1.96. The summed E-state index contributed by atoms with van der Waals surface area (Å²) in [4.78, 5) is 17.0. The molecule has 0 aromatic carbocycles. The van der Waals surface area contributed by atoms with Crippen molar-refractivity contribution in [3.63, 3.8) is 0 Å². The number of piperidine rings is 1. The van der Waals surface area contributed by atoms with Crippen LogP contribution in [0.25, 0.3) is 0 Å². The Morgan fingerprint density at radius 3 is 2.88 bits per heavy atom. The van der Waals surface area contributed by atoms with E-state index in [0.717, 1.165) is 37.7 Å². The number of carbonyl (C=O) groups is 1. The highest BCUT2D eigenvalue weighted by Gasteiger charge is 2.22. The predicted molar refractivity (Wildman–Crippen MR) is 65.9 cm³/mol. The van der Waals surface area contributed by atoms with Gasteiger partial charge >= 0.3 is 5.97 Å². The van der Waals surface area contributed by atoms with Gasteiger partial charge in [0.1, 0.15) is 0 Å². The van der Waals surface area contributed by atoms with Crippen molar-refractivity contribution in [1.82, 2.24) is 4.98 Å². The molecule has 17 heavy (non-hydrogen) atoms. The van der Waals surface area contributed by atoms with Crippen molar-refractivity contribution in [2.45, 2.75) is 25.9 Å². The van der Waals surface area contributed by atoms with Gasteiger partial charge in [-0.3, -0.25) is 0 Å². The zero-order valence-electron chi connectivity index (χ0n) is 9.76. The van der Waals surface area contributed by atoms with Crippen LogP contribution in [0.15, 0.2) is 5.38 Å². The molecule has 2 rings (SSSR count). The van der Waals surface area contributed by atoms with E-state index in [4.69, 9.17) is 9.84 Å². The Kier molecular flexibility index (Phi) is 3.96. The smallest absolute Gasteiger partial charge is 0.355 e. The molecule has 0 radical (unpaired) electrons. The Morgan fingerprint density at radius 2 is 2.35 bits per heavy atom. The Morgan fingerprint density at radius 1 is 1.65 bits per heavy atom. The van der Waals surface area contributed by atoms with Gasteiger partial charge < -0.3 is 14.7 Å². The Bertz CT molecular complexity index is 386. The van der Waals surface area contributed by atoms with Gasteiger partial charge in [-0.1, -0.05) is 0 Å². The molecular formula is C11H16N2O3S. The molecule has 1 aliphatic heterocycles. The molecule has 0 bridgehead atoms. The van der Waals surface area contributed by atoms with Crippen LogP contribution in [0, 0.1) is 0 Å². The molecule has 1 fully saturated rings. The van der Waals surface area contributed by atoms with Crippen molar-refractivity contribution in [2.75, 3.05) is 24.6 Å². The molecule has 5 nitrogen and oxygen atoms in total. The Labute approximate surface area is 104 Å². The largest absolute Gasteiger partial charge is 0.476 e. The number of carboxylic acids is 1. The van der Waals surface area contributed by atoms with Gasteiger partial charge in [-0.2, -0.15) is 0 Å². The van der Waals surface area contributed by atoms with Crippen LogP contribution in [0.2, 0.25) is 0 Å². The van der Waals surface area contributed by atoms with Gasteiger partial charge in [-0.25, -0.2) is 9.78 Å². The Hall–Kier alpha value is -1.14. The molecule has 1 aromatic rings. The van der Waals surface area contributed by atoms with Crippen molar-refractivity contribution in [3.8, 4) is 0 Å². The average molecular weight is 256 g/mol. The molecule has 94 valence electrons. The van der Waals surface area contributed by atoms with Crippen LogP contribution in [0.5, 0.6) is 0 Å². The number of ether oxygens (including phenoxy) is 1. The minimum atomic E-state index is -0.961. The number of aromatic carboxylic acids is 1. The predicted octanol–water partition coefficient (Wildman–Crippen LogP) is 1.85. The fourth-order valence-corrected chi connectivity index (χ4v) is 2.81. The summed E-state index contributed by atoms with van der Waals surface area (Å²) < 4.78 is 5.57. The highest BCUT2D eigenvalue weighted by atomic mass is 32.1. The number of hydrogen-bond donors (Lipinski definition) is 1. The van der Waals surface area contributed by atoms with Gasteiger partial charge in [0.25, 0.3) is 0 Å². The molecule has 0 atom stereocenters. The maximum Gasteiger partial charge on any atom is 0.355 e. The second-order valence-corrected chi connectivity index (χ2v) is 4.80. The second kappa shape index (κ2) is 5.46. The lowest BCUT2D eigenvalue weighted by molar-refractivity contribution is 0.0459. The number of rotatable bonds is 4. The first kappa shape index (κ1) is 12.3. The number of nitrogens with zero attached hydrogens (tertiary/aromatic N) is 2. The maximum absolute atomic E-state index is 10.7. The van der Waals surface area contributed by atoms with E-state index >= 15 is 0 Å². The highest BCUT2D eigenvalue weighted by molar-refractivity contribution is 7.13. The van der Waals surface area contributed by atoms with E-state index in [2.05, 4.69) is 9.88 Å². The zero-order valence-corrected chi connectivity index (χ0v) is 10.6. The number of anilines is 1. The second-order valence-electron chi connectivity index (χ2n) is 3.96. The van der Waals surface area contributed by atoms with Crippen molar-refractivity contribution >= 4 is 22.4 Å². The van der Waals surface area contributed by atoms with Crippen LogP contribution in [-0.2, 0) is 4.74 Å². The van der Waals surface area contributed by atoms with Crippen molar-refractivity contribution in [2.24, 2.45) is 0 Å². The van der Waals surface area contributed by atoms with E-state index in [-0.39, 0.29) is 5.69 Å². The first-order valence-electron chi connectivity index (χ1n) is 5.76. The number of carboxylic acid groups (broad SMARTS) is 1. The fraction of sp³-hybridized carbons (Fsp3) is 0.636. The average Bonchev–Trinajstić information content (AvgIpc) is 2.80. The molecule has 0 spiro atoms. The minimum absolute atomic E-state index is 0.136. The van der Waals surface area contributed by atoms with Gasteiger partial charge in [0.15, 0.2) is 10.8 Å². The standard InChI is InChI=1S/C11H16N2O3S/c1-2-16-8-3-5-13(6-4-8)11-12-9(7-17-11)10(14)15/h7-8H,2-6H2,1H3,(H,14,15). The van der Waals surface area contributed by atoms with Crippen molar-refractivity contribution in [1.29, 1.82) is 0 Å². The molecule has 1 aromatic heterocycles. The summed E-state index contributed by atoms with van der Waals surface area (Å²) >= 11 is 1.39. The summed E-state index contributed by atoms with van der Waals surface area (Å²) in [6.45, 7) is 4.53. The molecule has 1 aliphatic rings. The SMILES string of the molecule is CCOC1CCN(c2nc(C(=O)O)cs2)CC1. The highest BCUT2D eigenvalue weighted by Crippen LogP contribution is 2.24. The van der Waals surface area contributed by atoms with Gasteiger partial charge in [0, 0.05) is 25.1 Å². The summed E-state index contributed by atoms with van der Waals surface area (Å²) in [6.07, 6.45) is 2.31. The first-order valence-corrected chi connectivity index (χ1v) is 6.64. The van der Waals surface area contributed by atoms with Gasteiger partial charge in [0.2, 0.25) is 0 Å². The van der Waals surface area contributed by atoms with E-state index < -0.39 is 5.97 Å². The zero-order chi connectivity index (χ0) is 12.3. The number of thiazole rings is 1. The summed E-state index contributed by atoms with van der Waals surface area (Å²) in [6, 6.07) is 0. The molecule has 1 saturated heterocycles. The van der Waals surface area contributed by atoms with Crippen LogP contribution in [0.4, 0.5) is 5.13 Å². The monoisotopic (exact) mass is 256 g/mol. The van der Waals surface area contributed by atoms with Crippen LogP contribution in [0.3, 0.4) is 0 Å². The van der Waals surface area contributed by atoms with E-state index in [0.29, 0.717) is 6.10 Å². The topological polar surface area (TPSA) is 62.7 Å². The third kappa shape index (κ3) is 2.95. The van der Waals surface area contributed by atoms with E-state index in [1.807, 2.05) is 6.92 Å². The quantitative estimate of drug-likeness (QED) is 0.890. The van der Waals surface area contributed by atoms with Crippen molar-refractivity contribution < 1.29 is 14.6 Å². The summed E-state index contributed by atoms with van der Waals surface area (Å²) in [7, 11) is 0. The normalized spacial score (nSPS) is 17.4. The lowest BCUT2D eigenvalue weighted by Crippen LogP contribution is -2.37. The number of hydrogen-bond acceptors (Lipinski definition) is 5. The number of aromatic nitrogens is 1. The summed E-state index contributed by atoms with van der Waals surface area (Å²) in [5.74, 6) is -0.961. The van der Waals surface area contributed by atoms with Gasteiger partial charge in [0.05, 0.1) is 6.10 Å². The third-order valence-corrected chi connectivity index (χ3v) is 3.73. The van der Waals surface area contributed by atoms with E-state index in [1.165, 1.54) is 11.3 Å². The van der Waals surface area contributed by atoms with Crippen LogP contribution in [-0.4, -0.2) is 41.9 Å². The van der Waals surface area contributed by atoms with Crippen LogP contribution < -0.4 is 4.90 Å². The Balaban J connectivity index is 1.93. The minimum Gasteiger partial charge on any atom is -0.476 e. The molecule has 0 amide bonds. The first-order chi connectivity index (χ1) is 8.20. The van der Waals surface area contributed by atoms with E-state index in [9.17, 15) is 4.79 Å². The molecule has 6 heteroatoms. The lowest BCUT2D eigenvalue weighted by Gasteiger charge is -2.31. The van der Waals surface area contributed by atoms with Gasteiger partial charge in [-0.05, 0) is 19.8 Å². The van der Waals surface area contributed by atoms with Crippen LogP contribution >= 0.6 is 11.3 Å². The van der Waals surface area contributed by atoms with Gasteiger partial charge in [-0.15, -0.1) is 11.3 Å².